The molecule has 2 unspecified atom stereocenters. The highest BCUT2D eigenvalue weighted by Gasteiger charge is 2.42. The minimum atomic E-state index is -3.43. The molecule has 21 heavy (non-hydrogen) atoms. The minimum absolute atomic E-state index is 0.0284. The highest BCUT2D eigenvalue weighted by molar-refractivity contribution is 7.89. The standard InChI is InChI=1S/C16H21NO3S/c1-3-20-16-10-9-15(11-12(16)2)21(18,19)17-13-5-4-6-14(17)8-7-13/h4-5,9-11,13-14H,3,6-8H2,1-2H3. The largest absolute Gasteiger partial charge is 0.494 e. The number of hydrogen-bond donors (Lipinski definition) is 0. The number of sulfonamides is 1. The summed E-state index contributed by atoms with van der Waals surface area (Å²) in [6.45, 7) is 4.38. The van der Waals surface area contributed by atoms with Gasteiger partial charge in [-0.05, 0) is 56.9 Å². The second kappa shape index (κ2) is 5.46. The van der Waals surface area contributed by atoms with Gasteiger partial charge in [-0.2, -0.15) is 4.31 Å². The number of hydrogen-bond acceptors (Lipinski definition) is 3. The van der Waals surface area contributed by atoms with Crippen molar-refractivity contribution < 1.29 is 13.2 Å². The fraction of sp³-hybridized carbons (Fsp3) is 0.500. The molecule has 1 saturated heterocycles. The van der Waals surface area contributed by atoms with Gasteiger partial charge in [0.05, 0.1) is 11.5 Å². The molecule has 2 atom stereocenters. The number of rotatable bonds is 4. The third-order valence-corrected chi connectivity index (χ3v) is 6.24. The summed E-state index contributed by atoms with van der Waals surface area (Å²) in [6, 6.07) is 5.29. The van der Waals surface area contributed by atoms with Crippen LogP contribution < -0.4 is 4.74 Å². The smallest absolute Gasteiger partial charge is 0.243 e. The van der Waals surface area contributed by atoms with Crippen LogP contribution in [0, 0.1) is 6.92 Å². The molecular weight excluding hydrogens is 286 g/mol. The number of aryl methyl sites for hydroxylation is 1. The normalized spacial score (nSPS) is 25.2. The Bertz CT molecular complexity index is 666. The topological polar surface area (TPSA) is 46.6 Å². The summed E-state index contributed by atoms with van der Waals surface area (Å²) in [4.78, 5) is 0.371. The van der Waals surface area contributed by atoms with Gasteiger partial charge in [-0.1, -0.05) is 12.2 Å². The lowest BCUT2D eigenvalue weighted by molar-refractivity contribution is 0.336. The summed E-state index contributed by atoms with van der Waals surface area (Å²) in [7, 11) is -3.43. The lowest BCUT2D eigenvalue weighted by Crippen LogP contribution is -2.41. The maximum atomic E-state index is 12.9. The molecule has 114 valence electrons. The molecular formula is C16H21NO3S. The molecule has 2 bridgehead atoms. The van der Waals surface area contributed by atoms with Crippen LogP contribution in [0.5, 0.6) is 5.75 Å². The van der Waals surface area contributed by atoms with Crippen LogP contribution in [0.2, 0.25) is 0 Å². The number of ether oxygens (including phenoxy) is 1. The highest BCUT2D eigenvalue weighted by Crippen LogP contribution is 2.37. The van der Waals surface area contributed by atoms with Gasteiger partial charge in [0.15, 0.2) is 0 Å². The van der Waals surface area contributed by atoms with Gasteiger partial charge in [0.1, 0.15) is 5.75 Å². The molecule has 5 heteroatoms. The molecule has 0 aromatic heterocycles. The Morgan fingerprint density at radius 2 is 2.14 bits per heavy atom. The number of benzene rings is 1. The van der Waals surface area contributed by atoms with E-state index in [4.69, 9.17) is 4.74 Å². The van der Waals surface area contributed by atoms with Gasteiger partial charge in [0, 0.05) is 12.1 Å². The van der Waals surface area contributed by atoms with Gasteiger partial charge < -0.3 is 4.74 Å². The predicted molar refractivity (Wildman–Crippen MR) is 81.9 cm³/mol. The molecule has 0 radical (unpaired) electrons. The second-order valence-electron chi connectivity index (χ2n) is 5.66. The van der Waals surface area contributed by atoms with Gasteiger partial charge in [-0.3, -0.25) is 0 Å². The Kier molecular flexibility index (Phi) is 3.80. The number of nitrogens with zero attached hydrogens (tertiary/aromatic N) is 1. The van der Waals surface area contributed by atoms with E-state index in [-0.39, 0.29) is 12.1 Å². The maximum absolute atomic E-state index is 12.9. The van der Waals surface area contributed by atoms with Crippen molar-refractivity contribution >= 4 is 10.0 Å². The van der Waals surface area contributed by atoms with Crippen molar-refractivity contribution in [2.24, 2.45) is 0 Å². The van der Waals surface area contributed by atoms with Crippen LogP contribution in [-0.2, 0) is 10.0 Å². The van der Waals surface area contributed by atoms with Gasteiger partial charge in [0.25, 0.3) is 0 Å². The summed E-state index contributed by atoms with van der Waals surface area (Å²) >= 11 is 0. The Hall–Kier alpha value is -1.33. The van der Waals surface area contributed by atoms with E-state index in [0.29, 0.717) is 11.5 Å². The van der Waals surface area contributed by atoms with Crippen LogP contribution in [0.25, 0.3) is 0 Å². The summed E-state index contributed by atoms with van der Waals surface area (Å²) in [5, 5.41) is 0. The van der Waals surface area contributed by atoms with Crippen molar-refractivity contribution in [2.75, 3.05) is 6.61 Å². The lowest BCUT2D eigenvalue weighted by atomic mass is 10.2. The Balaban J connectivity index is 1.96. The van der Waals surface area contributed by atoms with Crippen molar-refractivity contribution in [1.29, 1.82) is 0 Å². The van der Waals surface area contributed by atoms with E-state index >= 15 is 0 Å². The third kappa shape index (κ3) is 2.49. The zero-order valence-electron chi connectivity index (χ0n) is 12.5. The Morgan fingerprint density at radius 3 is 2.81 bits per heavy atom. The average Bonchev–Trinajstić information content (AvgIpc) is 2.72. The van der Waals surface area contributed by atoms with E-state index in [1.54, 1.807) is 22.5 Å². The predicted octanol–water partition coefficient (Wildman–Crippen LogP) is 2.88. The van der Waals surface area contributed by atoms with E-state index < -0.39 is 10.0 Å². The molecule has 1 aromatic rings. The lowest BCUT2D eigenvalue weighted by Gasteiger charge is -2.30. The van der Waals surface area contributed by atoms with Crippen molar-refractivity contribution in [3.63, 3.8) is 0 Å². The Morgan fingerprint density at radius 1 is 1.33 bits per heavy atom. The van der Waals surface area contributed by atoms with Crippen molar-refractivity contribution in [1.82, 2.24) is 4.31 Å². The first-order chi connectivity index (χ1) is 10.0. The fourth-order valence-corrected chi connectivity index (χ4v) is 5.21. The molecule has 0 aliphatic carbocycles. The van der Waals surface area contributed by atoms with Crippen LogP contribution >= 0.6 is 0 Å². The maximum Gasteiger partial charge on any atom is 0.243 e. The van der Waals surface area contributed by atoms with E-state index in [1.807, 2.05) is 19.9 Å². The molecule has 2 heterocycles. The van der Waals surface area contributed by atoms with E-state index in [9.17, 15) is 8.42 Å². The SMILES string of the molecule is CCOc1ccc(S(=O)(=O)N2C3C=CCC2CC3)cc1C. The molecule has 0 amide bonds. The van der Waals surface area contributed by atoms with Gasteiger partial charge in [-0.15, -0.1) is 0 Å². The first kappa shape index (κ1) is 14.6. The van der Waals surface area contributed by atoms with Gasteiger partial charge in [0.2, 0.25) is 10.0 Å². The molecule has 1 aromatic carbocycles. The zero-order valence-corrected chi connectivity index (χ0v) is 13.3. The van der Waals surface area contributed by atoms with E-state index in [1.165, 1.54) is 0 Å². The molecule has 0 spiro atoms. The highest BCUT2D eigenvalue weighted by atomic mass is 32.2. The summed E-state index contributed by atoms with van der Waals surface area (Å²) in [5.41, 5.74) is 0.859. The summed E-state index contributed by atoms with van der Waals surface area (Å²) < 4.78 is 33.0. The second-order valence-corrected chi connectivity index (χ2v) is 7.50. The Labute approximate surface area is 126 Å². The van der Waals surface area contributed by atoms with Crippen molar-refractivity contribution in [3.8, 4) is 5.75 Å². The van der Waals surface area contributed by atoms with Crippen LogP contribution in [-0.4, -0.2) is 31.4 Å². The quantitative estimate of drug-likeness (QED) is 0.804. The molecule has 1 fully saturated rings. The first-order valence-corrected chi connectivity index (χ1v) is 8.91. The summed E-state index contributed by atoms with van der Waals surface area (Å²) in [5.74, 6) is 0.748. The van der Waals surface area contributed by atoms with Crippen LogP contribution in [0.4, 0.5) is 0 Å². The summed E-state index contributed by atoms with van der Waals surface area (Å²) in [6.07, 6.45) is 6.84. The van der Waals surface area contributed by atoms with Crippen LogP contribution in [0.1, 0.15) is 31.7 Å². The molecule has 0 saturated carbocycles. The molecule has 3 rings (SSSR count). The third-order valence-electron chi connectivity index (χ3n) is 4.27. The molecule has 2 aliphatic heterocycles. The average molecular weight is 307 g/mol. The van der Waals surface area contributed by atoms with E-state index in [0.717, 1.165) is 30.6 Å². The van der Waals surface area contributed by atoms with Crippen molar-refractivity contribution in [2.45, 2.75) is 50.1 Å². The van der Waals surface area contributed by atoms with E-state index in [2.05, 4.69) is 6.08 Å². The van der Waals surface area contributed by atoms with Gasteiger partial charge in [-0.25, -0.2) is 8.42 Å². The number of fused-ring (bicyclic) bond motifs is 2. The van der Waals surface area contributed by atoms with Gasteiger partial charge >= 0.3 is 0 Å². The van der Waals surface area contributed by atoms with Crippen LogP contribution in [0.15, 0.2) is 35.2 Å². The molecule has 0 N–H and O–H groups in total. The molecule has 2 aliphatic rings. The zero-order chi connectivity index (χ0) is 15.0. The minimum Gasteiger partial charge on any atom is -0.494 e. The first-order valence-electron chi connectivity index (χ1n) is 7.47. The fourth-order valence-electron chi connectivity index (χ4n) is 3.28. The van der Waals surface area contributed by atoms with Crippen LogP contribution in [0.3, 0.4) is 0 Å². The van der Waals surface area contributed by atoms with Crippen molar-refractivity contribution in [3.05, 3.63) is 35.9 Å². The monoisotopic (exact) mass is 307 g/mol. The molecule has 4 nitrogen and oxygen atoms in total.